The third-order valence-corrected chi connectivity index (χ3v) is 4.50. The van der Waals surface area contributed by atoms with Gasteiger partial charge in [-0.25, -0.2) is 0 Å². The van der Waals surface area contributed by atoms with Crippen LogP contribution in [0.5, 0.6) is 0 Å². The van der Waals surface area contributed by atoms with Gasteiger partial charge in [-0.05, 0) is 43.2 Å². The Balaban J connectivity index is 2.57. The summed E-state index contributed by atoms with van der Waals surface area (Å²) in [6.07, 6.45) is 0. The number of rotatable bonds is 0. The zero-order chi connectivity index (χ0) is 12.2. The highest BCUT2D eigenvalue weighted by Crippen LogP contribution is 2.39. The summed E-state index contributed by atoms with van der Waals surface area (Å²) in [6, 6.07) is 8.16. The van der Waals surface area contributed by atoms with Gasteiger partial charge in [0.25, 0.3) is 0 Å². The van der Waals surface area contributed by atoms with Crippen LogP contribution in [0.4, 0.5) is 11.4 Å². The fourth-order valence-corrected chi connectivity index (χ4v) is 3.54. The van der Waals surface area contributed by atoms with Gasteiger partial charge in [0.1, 0.15) is 0 Å². The van der Waals surface area contributed by atoms with Crippen LogP contribution in [0.15, 0.2) is 24.3 Å². The maximum absolute atomic E-state index is 6.02. The van der Waals surface area contributed by atoms with Crippen molar-refractivity contribution in [1.82, 2.24) is 0 Å². The molecule has 0 atom stereocenters. The van der Waals surface area contributed by atoms with Crippen LogP contribution in [0.2, 0.25) is 0 Å². The van der Waals surface area contributed by atoms with Crippen LogP contribution >= 0.6 is 11.3 Å². The van der Waals surface area contributed by atoms with E-state index >= 15 is 0 Å². The molecule has 0 unspecified atom stereocenters. The molecule has 0 spiro atoms. The van der Waals surface area contributed by atoms with E-state index in [-0.39, 0.29) is 0 Å². The third kappa shape index (κ3) is 1.39. The van der Waals surface area contributed by atoms with Gasteiger partial charge in [0, 0.05) is 31.5 Å². The number of thiophene rings is 1. The second-order valence-corrected chi connectivity index (χ2v) is 5.53. The summed E-state index contributed by atoms with van der Waals surface area (Å²) in [4.78, 5) is 0. The van der Waals surface area contributed by atoms with E-state index < -0.39 is 0 Å². The molecule has 0 fully saturated rings. The van der Waals surface area contributed by atoms with Crippen LogP contribution in [0.1, 0.15) is 11.1 Å². The molecule has 0 bridgehead atoms. The monoisotopic (exact) mass is 242 g/mol. The smallest absolute Gasteiger partial charge is 0.0378 e. The lowest BCUT2D eigenvalue weighted by Crippen LogP contribution is -1.92. The SMILES string of the molecule is Cc1c(N)cc2sc3cc(N)ccc3c2c1C. The fourth-order valence-electron chi connectivity index (χ4n) is 2.27. The number of nitrogens with two attached hydrogens (primary N) is 2. The normalized spacial score (nSPS) is 11.4. The van der Waals surface area contributed by atoms with Crippen LogP contribution in [-0.4, -0.2) is 0 Å². The van der Waals surface area contributed by atoms with Gasteiger partial charge in [0.15, 0.2) is 0 Å². The first kappa shape index (κ1) is 10.4. The van der Waals surface area contributed by atoms with Crippen molar-refractivity contribution in [2.24, 2.45) is 0 Å². The Bertz CT molecular complexity index is 741. The Morgan fingerprint density at radius 1 is 0.941 bits per heavy atom. The summed E-state index contributed by atoms with van der Waals surface area (Å²) in [7, 11) is 0. The standard InChI is InChI=1S/C14H14N2S/c1-7-8(2)14-10-4-3-9(15)5-12(10)17-13(14)6-11(7)16/h3-6H,15-16H2,1-2H3. The lowest BCUT2D eigenvalue weighted by Gasteiger charge is -2.06. The average molecular weight is 242 g/mol. The van der Waals surface area contributed by atoms with Gasteiger partial charge >= 0.3 is 0 Å². The van der Waals surface area contributed by atoms with E-state index in [4.69, 9.17) is 11.5 Å². The lowest BCUT2D eigenvalue weighted by atomic mass is 10.0. The Morgan fingerprint density at radius 3 is 2.47 bits per heavy atom. The molecule has 0 saturated carbocycles. The molecular weight excluding hydrogens is 228 g/mol. The summed E-state index contributed by atoms with van der Waals surface area (Å²) in [5.74, 6) is 0. The predicted octanol–water partition coefficient (Wildman–Crippen LogP) is 3.84. The van der Waals surface area contributed by atoms with Crippen LogP contribution in [0, 0.1) is 13.8 Å². The molecule has 2 nitrogen and oxygen atoms in total. The van der Waals surface area contributed by atoms with Crippen molar-refractivity contribution >= 4 is 42.9 Å². The summed E-state index contributed by atoms with van der Waals surface area (Å²) in [5, 5.41) is 2.59. The first-order valence-corrected chi connectivity index (χ1v) is 6.37. The van der Waals surface area contributed by atoms with E-state index in [1.165, 1.54) is 31.3 Å². The molecule has 1 aromatic heterocycles. The number of anilines is 2. The number of hydrogen-bond acceptors (Lipinski definition) is 3. The van der Waals surface area contributed by atoms with Crippen LogP contribution in [0.25, 0.3) is 20.2 Å². The van der Waals surface area contributed by atoms with Crippen molar-refractivity contribution in [2.45, 2.75) is 13.8 Å². The summed E-state index contributed by atoms with van der Waals surface area (Å²) in [5.41, 5.74) is 16.0. The molecular formula is C14H14N2S. The number of benzene rings is 2. The Labute approximate surface area is 104 Å². The Kier molecular flexibility index (Phi) is 2.07. The maximum atomic E-state index is 6.02. The average Bonchev–Trinajstić information content (AvgIpc) is 2.63. The van der Waals surface area contributed by atoms with Crippen molar-refractivity contribution in [2.75, 3.05) is 11.5 Å². The Hall–Kier alpha value is -1.74. The highest BCUT2D eigenvalue weighted by molar-refractivity contribution is 7.25. The number of fused-ring (bicyclic) bond motifs is 3. The maximum Gasteiger partial charge on any atom is 0.0378 e. The minimum atomic E-state index is 0.811. The fraction of sp³-hybridized carbons (Fsp3) is 0.143. The molecule has 0 radical (unpaired) electrons. The minimum Gasteiger partial charge on any atom is -0.399 e. The van der Waals surface area contributed by atoms with Crippen LogP contribution < -0.4 is 11.5 Å². The lowest BCUT2D eigenvalue weighted by molar-refractivity contribution is 1.39. The van der Waals surface area contributed by atoms with Crippen molar-refractivity contribution in [3.63, 3.8) is 0 Å². The molecule has 3 heteroatoms. The van der Waals surface area contributed by atoms with Crippen LogP contribution in [0.3, 0.4) is 0 Å². The van der Waals surface area contributed by atoms with E-state index in [9.17, 15) is 0 Å². The highest BCUT2D eigenvalue weighted by Gasteiger charge is 2.11. The molecule has 4 N–H and O–H groups in total. The van der Waals surface area contributed by atoms with Crippen molar-refractivity contribution < 1.29 is 0 Å². The molecule has 0 aliphatic rings. The molecule has 0 aliphatic carbocycles. The second kappa shape index (κ2) is 3.37. The van der Waals surface area contributed by atoms with Gasteiger partial charge in [-0.3, -0.25) is 0 Å². The molecule has 0 amide bonds. The van der Waals surface area contributed by atoms with Gasteiger partial charge in [0.05, 0.1) is 0 Å². The highest BCUT2D eigenvalue weighted by atomic mass is 32.1. The zero-order valence-electron chi connectivity index (χ0n) is 9.87. The summed E-state index contributed by atoms with van der Waals surface area (Å²) in [6.45, 7) is 4.21. The van der Waals surface area contributed by atoms with Gasteiger partial charge < -0.3 is 11.5 Å². The number of aryl methyl sites for hydroxylation is 1. The summed E-state index contributed by atoms with van der Waals surface area (Å²) < 4.78 is 2.47. The van der Waals surface area contributed by atoms with Gasteiger partial charge in [0.2, 0.25) is 0 Å². The first-order valence-electron chi connectivity index (χ1n) is 5.55. The molecule has 0 aliphatic heterocycles. The second-order valence-electron chi connectivity index (χ2n) is 4.45. The predicted molar refractivity (Wildman–Crippen MR) is 77.6 cm³/mol. The number of nitrogen functional groups attached to an aromatic ring is 2. The molecule has 1 heterocycles. The van der Waals surface area contributed by atoms with E-state index in [0.29, 0.717) is 0 Å². The largest absolute Gasteiger partial charge is 0.399 e. The van der Waals surface area contributed by atoms with E-state index in [0.717, 1.165) is 11.4 Å². The van der Waals surface area contributed by atoms with Gasteiger partial charge in [-0.1, -0.05) is 6.07 Å². The first-order chi connectivity index (χ1) is 8.08. The van der Waals surface area contributed by atoms with Crippen molar-refractivity contribution in [3.8, 4) is 0 Å². The molecule has 0 saturated heterocycles. The van der Waals surface area contributed by atoms with Gasteiger partial charge in [-0.2, -0.15) is 0 Å². The molecule has 17 heavy (non-hydrogen) atoms. The molecule has 3 aromatic rings. The summed E-state index contributed by atoms with van der Waals surface area (Å²) >= 11 is 1.75. The van der Waals surface area contributed by atoms with E-state index in [2.05, 4.69) is 26.0 Å². The Morgan fingerprint density at radius 2 is 1.71 bits per heavy atom. The zero-order valence-corrected chi connectivity index (χ0v) is 10.7. The third-order valence-electron chi connectivity index (χ3n) is 3.40. The topological polar surface area (TPSA) is 52.0 Å². The quantitative estimate of drug-likeness (QED) is 0.588. The molecule has 3 rings (SSSR count). The van der Waals surface area contributed by atoms with Crippen molar-refractivity contribution in [3.05, 3.63) is 35.4 Å². The molecule has 2 aromatic carbocycles. The number of hydrogen-bond donors (Lipinski definition) is 2. The van der Waals surface area contributed by atoms with Crippen molar-refractivity contribution in [1.29, 1.82) is 0 Å². The van der Waals surface area contributed by atoms with E-state index in [1.54, 1.807) is 11.3 Å². The van der Waals surface area contributed by atoms with E-state index in [1.807, 2.05) is 12.1 Å². The minimum absolute atomic E-state index is 0.811. The van der Waals surface area contributed by atoms with Crippen LogP contribution in [-0.2, 0) is 0 Å². The van der Waals surface area contributed by atoms with Gasteiger partial charge in [-0.15, -0.1) is 11.3 Å². The molecule has 86 valence electrons.